The summed E-state index contributed by atoms with van der Waals surface area (Å²) in [7, 11) is 0. The molecule has 0 spiro atoms. The fourth-order valence-electron chi connectivity index (χ4n) is 1.84. The lowest BCUT2D eigenvalue weighted by Gasteiger charge is -2.28. The molecule has 0 saturated carbocycles. The van der Waals surface area contributed by atoms with Gasteiger partial charge in [-0.15, -0.1) is 0 Å². The van der Waals surface area contributed by atoms with Crippen LogP contribution in [0.15, 0.2) is 24.3 Å². The first-order chi connectivity index (χ1) is 8.29. The van der Waals surface area contributed by atoms with Gasteiger partial charge in [0.2, 0.25) is 0 Å². The Morgan fingerprint density at radius 1 is 0.944 bits per heavy atom. The quantitative estimate of drug-likeness (QED) is 0.812. The van der Waals surface area contributed by atoms with Crippen molar-refractivity contribution in [3.05, 3.63) is 35.4 Å². The van der Waals surface area contributed by atoms with E-state index in [9.17, 15) is 0 Å². The van der Waals surface area contributed by atoms with E-state index in [4.69, 9.17) is 0 Å². The first kappa shape index (κ1) is 15.2. The summed E-state index contributed by atoms with van der Waals surface area (Å²) in [6, 6.07) is 9.55. The molecule has 1 aromatic carbocycles. The van der Waals surface area contributed by atoms with Crippen molar-refractivity contribution in [1.82, 2.24) is 5.32 Å². The Hall–Kier alpha value is -0.820. The number of rotatable bonds is 5. The van der Waals surface area contributed by atoms with Crippen LogP contribution in [-0.4, -0.2) is 6.04 Å². The molecule has 0 aliphatic heterocycles. The predicted molar refractivity (Wildman–Crippen MR) is 80.7 cm³/mol. The van der Waals surface area contributed by atoms with Crippen LogP contribution in [0.5, 0.6) is 0 Å². The third kappa shape index (κ3) is 5.22. The van der Waals surface area contributed by atoms with Crippen molar-refractivity contribution >= 4 is 0 Å². The van der Waals surface area contributed by atoms with Crippen LogP contribution in [0, 0.1) is 11.3 Å². The van der Waals surface area contributed by atoms with Crippen LogP contribution >= 0.6 is 0 Å². The lowest BCUT2D eigenvalue weighted by atomic mass is 9.88. The van der Waals surface area contributed by atoms with E-state index in [1.807, 2.05) is 0 Å². The Kier molecular flexibility index (Phi) is 5.40. The van der Waals surface area contributed by atoms with Gasteiger partial charge in [0.1, 0.15) is 0 Å². The zero-order chi connectivity index (χ0) is 13.8. The van der Waals surface area contributed by atoms with E-state index < -0.39 is 0 Å². The lowest BCUT2D eigenvalue weighted by Crippen LogP contribution is -2.37. The molecule has 0 heterocycles. The van der Waals surface area contributed by atoms with Crippen LogP contribution in [0.1, 0.15) is 52.7 Å². The topological polar surface area (TPSA) is 12.0 Å². The van der Waals surface area contributed by atoms with E-state index in [1.54, 1.807) is 0 Å². The van der Waals surface area contributed by atoms with Gasteiger partial charge in [-0.2, -0.15) is 0 Å². The van der Waals surface area contributed by atoms with Crippen LogP contribution < -0.4 is 5.32 Å². The second-order valence-electron chi connectivity index (χ2n) is 6.88. The maximum absolute atomic E-state index is 3.60. The Morgan fingerprint density at radius 2 is 1.44 bits per heavy atom. The van der Waals surface area contributed by atoms with Gasteiger partial charge in [0, 0.05) is 12.6 Å². The van der Waals surface area contributed by atoms with Crippen molar-refractivity contribution in [2.24, 2.45) is 11.3 Å². The van der Waals surface area contributed by atoms with E-state index in [1.165, 1.54) is 17.5 Å². The first-order valence-corrected chi connectivity index (χ1v) is 7.10. The number of benzene rings is 1. The van der Waals surface area contributed by atoms with Crippen molar-refractivity contribution in [2.75, 3.05) is 0 Å². The Bertz CT molecular complexity index is 343. The molecule has 1 N–H and O–H groups in total. The van der Waals surface area contributed by atoms with Crippen molar-refractivity contribution in [3.8, 4) is 0 Å². The molecule has 1 nitrogen and oxygen atoms in total. The molecule has 0 amide bonds. The van der Waals surface area contributed by atoms with Gasteiger partial charge in [0.25, 0.3) is 0 Å². The van der Waals surface area contributed by atoms with Gasteiger partial charge in [-0.05, 0) is 35.8 Å². The van der Waals surface area contributed by atoms with Crippen molar-refractivity contribution in [3.63, 3.8) is 0 Å². The molecule has 102 valence electrons. The third-order valence-corrected chi connectivity index (χ3v) is 3.58. The second kappa shape index (κ2) is 6.38. The number of hydrogen-bond donors (Lipinski definition) is 1. The van der Waals surface area contributed by atoms with Gasteiger partial charge in [-0.3, -0.25) is 0 Å². The molecule has 0 aliphatic rings. The zero-order valence-electron chi connectivity index (χ0n) is 12.9. The number of nitrogens with one attached hydrogen (secondary N) is 1. The highest BCUT2D eigenvalue weighted by Crippen LogP contribution is 2.19. The van der Waals surface area contributed by atoms with Gasteiger partial charge in [0.15, 0.2) is 0 Å². The normalized spacial score (nSPS) is 13.9. The van der Waals surface area contributed by atoms with Gasteiger partial charge in [0.05, 0.1) is 0 Å². The maximum Gasteiger partial charge on any atom is 0.0208 e. The van der Waals surface area contributed by atoms with E-state index >= 15 is 0 Å². The molecule has 1 atom stereocenters. The van der Waals surface area contributed by atoms with Crippen LogP contribution in [0.2, 0.25) is 0 Å². The van der Waals surface area contributed by atoms with Gasteiger partial charge >= 0.3 is 0 Å². The average molecular weight is 247 g/mol. The smallest absolute Gasteiger partial charge is 0.0208 e. The maximum atomic E-state index is 3.60. The highest BCUT2D eigenvalue weighted by molar-refractivity contribution is 5.22. The standard InChI is InChI=1S/C17H29N/c1-13(2)11-15-7-9-16(10-8-15)12-18-14(3)17(4,5)6/h7-10,13-14,18H,11-12H2,1-6H3. The molecule has 0 fully saturated rings. The zero-order valence-corrected chi connectivity index (χ0v) is 12.9. The summed E-state index contributed by atoms with van der Waals surface area (Å²) in [6.07, 6.45) is 1.17. The molecular formula is C17H29N. The molecule has 0 aromatic heterocycles. The Morgan fingerprint density at radius 3 is 1.89 bits per heavy atom. The van der Waals surface area contributed by atoms with Crippen molar-refractivity contribution < 1.29 is 0 Å². The Balaban J connectivity index is 2.49. The third-order valence-electron chi connectivity index (χ3n) is 3.58. The molecule has 18 heavy (non-hydrogen) atoms. The molecular weight excluding hydrogens is 218 g/mol. The molecule has 0 bridgehead atoms. The summed E-state index contributed by atoms with van der Waals surface area (Å²) in [6.45, 7) is 14.6. The fourth-order valence-corrected chi connectivity index (χ4v) is 1.84. The van der Waals surface area contributed by atoms with Crippen LogP contribution in [0.25, 0.3) is 0 Å². The molecule has 1 unspecified atom stereocenters. The summed E-state index contributed by atoms with van der Waals surface area (Å²) < 4.78 is 0. The van der Waals surface area contributed by atoms with Gasteiger partial charge < -0.3 is 5.32 Å². The largest absolute Gasteiger partial charge is 0.310 e. The highest BCUT2D eigenvalue weighted by atomic mass is 14.9. The molecule has 1 heteroatoms. The van der Waals surface area contributed by atoms with E-state index in [0.717, 1.165) is 12.5 Å². The van der Waals surface area contributed by atoms with Gasteiger partial charge in [-0.1, -0.05) is 58.9 Å². The monoisotopic (exact) mass is 247 g/mol. The minimum atomic E-state index is 0.317. The summed E-state index contributed by atoms with van der Waals surface area (Å²) in [4.78, 5) is 0. The minimum Gasteiger partial charge on any atom is -0.310 e. The predicted octanol–water partition coefficient (Wildman–Crippen LogP) is 4.41. The van der Waals surface area contributed by atoms with E-state index in [0.29, 0.717) is 11.5 Å². The highest BCUT2D eigenvalue weighted by Gasteiger charge is 2.18. The Labute approximate surface area is 113 Å². The average Bonchev–Trinajstić information content (AvgIpc) is 2.25. The minimum absolute atomic E-state index is 0.317. The van der Waals surface area contributed by atoms with Crippen molar-refractivity contribution in [1.29, 1.82) is 0 Å². The fraction of sp³-hybridized carbons (Fsp3) is 0.647. The van der Waals surface area contributed by atoms with Crippen LogP contribution in [0.3, 0.4) is 0 Å². The summed E-state index contributed by atoms with van der Waals surface area (Å²) in [5.74, 6) is 0.731. The van der Waals surface area contributed by atoms with Gasteiger partial charge in [-0.25, -0.2) is 0 Å². The molecule has 0 radical (unpaired) electrons. The molecule has 1 aromatic rings. The van der Waals surface area contributed by atoms with Crippen molar-refractivity contribution in [2.45, 2.75) is 60.5 Å². The summed E-state index contributed by atoms with van der Waals surface area (Å²) >= 11 is 0. The molecule has 0 saturated heterocycles. The van der Waals surface area contributed by atoms with Crippen LogP contribution in [-0.2, 0) is 13.0 Å². The first-order valence-electron chi connectivity index (χ1n) is 7.10. The number of hydrogen-bond acceptors (Lipinski definition) is 1. The van der Waals surface area contributed by atoms with Crippen LogP contribution in [0.4, 0.5) is 0 Å². The SMILES string of the molecule is CC(C)Cc1ccc(CNC(C)C(C)(C)C)cc1. The molecule has 0 aliphatic carbocycles. The van der Waals surface area contributed by atoms with E-state index in [2.05, 4.69) is 71.1 Å². The second-order valence-corrected chi connectivity index (χ2v) is 6.88. The summed E-state index contributed by atoms with van der Waals surface area (Å²) in [5, 5.41) is 3.60. The summed E-state index contributed by atoms with van der Waals surface area (Å²) in [5.41, 5.74) is 3.13. The molecule has 1 rings (SSSR count). The van der Waals surface area contributed by atoms with E-state index in [-0.39, 0.29) is 0 Å². The lowest BCUT2D eigenvalue weighted by molar-refractivity contribution is 0.285.